The highest BCUT2D eigenvalue weighted by atomic mass is 35.5. The predicted octanol–water partition coefficient (Wildman–Crippen LogP) is 4.47. The highest BCUT2D eigenvalue weighted by Crippen LogP contribution is 2.40. The number of benzene rings is 2. The molecule has 0 bridgehead atoms. The molecule has 92 valence electrons. The Morgan fingerprint density at radius 3 is 2.78 bits per heavy atom. The first-order valence-corrected chi connectivity index (χ1v) is 6.34. The van der Waals surface area contributed by atoms with Crippen molar-refractivity contribution in [3.8, 4) is 16.9 Å². The largest absolute Gasteiger partial charge is 0.493 e. The Morgan fingerprint density at radius 1 is 1.11 bits per heavy atom. The van der Waals surface area contributed by atoms with E-state index >= 15 is 0 Å². The fourth-order valence-electron chi connectivity index (χ4n) is 2.32. The molecule has 1 nitrogen and oxygen atoms in total. The zero-order chi connectivity index (χ0) is 12.5. The van der Waals surface area contributed by atoms with E-state index in [9.17, 15) is 4.39 Å². The maximum absolute atomic E-state index is 14.1. The molecule has 1 aliphatic heterocycles. The number of hydrogen-bond acceptors (Lipinski definition) is 1. The fourth-order valence-corrected chi connectivity index (χ4v) is 2.55. The van der Waals surface area contributed by atoms with Crippen LogP contribution in [0.1, 0.15) is 12.0 Å². The number of ether oxygens (including phenoxy) is 1. The molecule has 0 atom stereocenters. The van der Waals surface area contributed by atoms with E-state index in [0.29, 0.717) is 28.5 Å². The molecule has 0 amide bonds. The minimum Gasteiger partial charge on any atom is -0.493 e. The van der Waals surface area contributed by atoms with Crippen molar-refractivity contribution >= 4 is 11.6 Å². The molecule has 0 fully saturated rings. The number of hydrogen-bond donors (Lipinski definition) is 0. The van der Waals surface area contributed by atoms with Gasteiger partial charge in [0.05, 0.1) is 12.2 Å². The van der Waals surface area contributed by atoms with Crippen molar-refractivity contribution in [2.75, 3.05) is 6.61 Å². The summed E-state index contributed by atoms with van der Waals surface area (Å²) in [7, 11) is 0. The summed E-state index contributed by atoms with van der Waals surface area (Å²) in [6.07, 6.45) is 1.90. The van der Waals surface area contributed by atoms with Gasteiger partial charge < -0.3 is 4.74 Å². The molecule has 0 N–H and O–H groups in total. The van der Waals surface area contributed by atoms with Gasteiger partial charge in [0.25, 0.3) is 0 Å². The lowest BCUT2D eigenvalue weighted by Crippen LogP contribution is -2.10. The van der Waals surface area contributed by atoms with Gasteiger partial charge >= 0.3 is 0 Å². The van der Waals surface area contributed by atoms with E-state index in [2.05, 4.69) is 0 Å². The van der Waals surface area contributed by atoms with Gasteiger partial charge in [0, 0.05) is 10.6 Å². The van der Waals surface area contributed by atoms with Crippen LogP contribution in [0, 0.1) is 5.82 Å². The topological polar surface area (TPSA) is 9.23 Å². The maximum atomic E-state index is 14.1. The number of rotatable bonds is 1. The van der Waals surface area contributed by atoms with Gasteiger partial charge in [-0.3, -0.25) is 0 Å². The van der Waals surface area contributed by atoms with Crippen LogP contribution in [-0.2, 0) is 6.42 Å². The van der Waals surface area contributed by atoms with Crippen molar-refractivity contribution in [3.63, 3.8) is 0 Å². The minimum atomic E-state index is -0.288. The van der Waals surface area contributed by atoms with Gasteiger partial charge in [-0.25, -0.2) is 4.39 Å². The summed E-state index contributed by atoms with van der Waals surface area (Å²) in [5, 5.41) is 0.541. The fraction of sp³-hybridized carbons (Fsp3) is 0.200. The van der Waals surface area contributed by atoms with Crippen LogP contribution in [0.2, 0.25) is 5.02 Å². The smallest absolute Gasteiger partial charge is 0.134 e. The Bertz CT molecular complexity index is 595. The molecule has 3 heteroatoms. The van der Waals surface area contributed by atoms with E-state index < -0.39 is 0 Å². The summed E-state index contributed by atoms with van der Waals surface area (Å²) >= 11 is 6.15. The van der Waals surface area contributed by atoms with E-state index in [4.69, 9.17) is 16.3 Å². The van der Waals surface area contributed by atoms with E-state index in [1.54, 1.807) is 12.1 Å². The zero-order valence-corrected chi connectivity index (χ0v) is 10.5. The molecule has 0 radical (unpaired) electrons. The van der Waals surface area contributed by atoms with Crippen LogP contribution in [0.4, 0.5) is 4.39 Å². The Balaban J connectivity index is 2.25. The van der Waals surface area contributed by atoms with Crippen LogP contribution >= 0.6 is 11.6 Å². The average Bonchev–Trinajstić information content (AvgIpc) is 2.40. The average molecular weight is 263 g/mol. The van der Waals surface area contributed by atoms with Crippen LogP contribution in [0.15, 0.2) is 36.4 Å². The van der Waals surface area contributed by atoms with Crippen molar-refractivity contribution in [1.82, 2.24) is 0 Å². The molecule has 1 aliphatic rings. The molecule has 3 rings (SSSR count). The van der Waals surface area contributed by atoms with Crippen molar-refractivity contribution in [2.24, 2.45) is 0 Å². The normalized spacial score (nSPS) is 13.9. The first-order chi connectivity index (χ1) is 8.77. The summed E-state index contributed by atoms with van der Waals surface area (Å²) in [4.78, 5) is 0. The van der Waals surface area contributed by atoms with Gasteiger partial charge in [0.15, 0.2) is 0 Å². The maximum Gasteiger partial charge on any atom is 0.134 e. The molecular weight excluding hydrogens is 251 g/mol. The monoisotopic (exact) mass is 262 g/mol. The van der Waals surface area contributed by atoms with Gasteiger partial charge in [-0.15, -0.1) is 0 Å². The lowest BCUT2D eigenvalue weighted by Gasteiger charge is -2.21. The van der Waals surface area contributed by atoms with E-state index in [-0.39, 0.29) is 5.82 Å². The Kier molecular flexibility index (Phi) is 2.96. The molecule has 0 saturated carbocycles. The van der Waals surface area contributed by atoms with Gasteiger partial charge in [-0.1, -0.05) is 35.9 Å². The Morgan fingerprint density at radius 2 is 1.94 bits per heavy atom. The van der Waals surface area contributed by atoms with Crippen molar-refractivity contribution < 1.29 is 9.13 Å². The lowest BCUT2D eigenvalue weighted by molar-refractivity contribution is 0.288. The Hall–Kier alpha value is -1.54. The molecule has 18 heavy (non-hydrogen) atoms. The third kappa shape index (κ3) is 1.87. The summed E-state index contributed by atoms with van der Waals surface area (Å²) in [5.74, 6) is 0.359. The molecule has 2 aromatic carbocycles. The van der Waals surface area contributed by atoms with Gasteiger partial charge in [0.2, 0.25) is 0 Å². The van der Waals surface area contributed by atoms with E-state index in [1.165, 1.54) is 6.07 Å². The summed E-state index contributed by atoms with van der Waals surface area (Å²) in [6, 6.07) is 10.6. The van der Waals surface area contributed by atoms with Crippen molar-refractivity contribution in [1.29, 1.82) is 0 Å². The molecule has 0 unspecified atom stereocenters. The second-order valence-corrected chi connectivity index (χ2v) is 4.75. The standard InChI is InChI=1S/C15H12ClFO/c16-12-6-2-1-5-11(12)14-13(17)8-7-10-4-3-9-18-15(10)14/h1-2,5-8H,3-4,9H2. The highest BCUT2D eigenvalue weighted by Gasteiger charge is 2.20. The van der Waals surface area contributed by atoms with Gasteiger partial charge in [-0.05, 0) is 30.5 Å². The van der Waals surface area contributed by atoms with Crippen molar-refractivity contribution in [2.45, 2.75) is 12.8 Å². The van der Waals surface area contributed by atoms with Gasteiger partial charge in [-0.2, -0.15) is 0 Å². The summed E-state index contributed by atoms with van der Waals surface area (Å²) < 4.78 is 19.8. The second kappa shape index (κ2) is 4.62. The number of fused-ring (bicyclic) bond motifs is 1. The second-order valence-electron chi connectivity index (χ2n) is 4.34. The van der Waals surface area contributed by atoms with Crippen LogP contribution in [0.3, 0.4) is 0 Å². The van der Waals surface area contributed by atoms with Crippen LogP contribution in [0.5, 0.6) is 5.75 Å². The molecular formula is C15H12ClFO. The molecule has 2 aromatic rings. The summed E-state index contributed by atoms with van der Waals surface area (Å²) in [6.45, 7) is 0.633. The van der Waals surface area contributed by atoms with E-state index in [0.717, 1.165) is 18.4 Å². The Labute approximate surface area is 110 Å². The third-order valence-corrected chi connectivity index (χ3v) is 3.50. The van der Waals surface area contributed by atoms with Crippen LogP contribution in [-0.4, -0.2) is 6.61 Å². The minimum absolute atomic E-state index is 0.288. The number of aryl methyl sites for hydroxylation is 1. The first kappa shape index (κ1) is 11.5. The SMILES string of the molecule is Fc1ccc2c(c1-c1ccccc1Cl)OCCC2. The molecule has 1 heterocycles. The molecule has 0 spiro atoms. The van der Waals surface area contributed by atoms with Crippen LogP contribution < -0.4 is 4.74 Å². The highest BCUT2D eigenvalue weighted by molar-refractivity contribution is 6.33. The first-order valence-electron chi connectivity index (χ1n) is 5.96. The third-order valence-electron chi connectivity index (χ3n) is 3.17. The molecule has 0 aliphatic carbocycles. The van der Waals surface area contributed by atoms with Crippen molar-refractivity contribution in [3.05, 3.63) is 52.8 Å². The van der Waals surface area contributed by atoms with E-state index in [1.807, 2.05) is 18.2 Å². The quantitative estimate of drug-likeness (QED) is 0.737. The summed E-state index contributed by atoms with van der Waals surface area (Å²) in [5.41, 5.74) is 2.23. The zero-order valence-electron chi connectivity index (χ0n) is 9.75. The van der Waals surface area contributed by atoms with Gasteiger partial charge in [0.1, 0.15) is 11.6 Å². The number of halogens is 2. The molecule has 0 aromatic heterocycles. The molecule has 0 saturated heterocycles. The van der Waals surface area contributed by atoms with Crippen LogP contribution in [0.25, 0.3) is 11.1 Å². The lowest BCUT2D eigenvalue weighted by atomic mass is 9.97. The predicted molar refractivity (Wildman–Crippen MR) is 70.7 cm³/mol.